The number of benzene rings is 1. The van der Waals surface area contributed by atoms with E-state index in [9.17, 15) is 0 Å². The molecular weight excluding hydrogens is 236 g/mol. The Kier molecular flexibility index (Phi) is 4.97. The van der Waals surface area contributed by atoms with E-state index in [0.717, 1.165) is 19.6 Å². The van der Waals surface area contributed by atoms with E-state index in [2.05, 4.69) is 55.3 Å². The Morgan fingerprint density at radius 1 is 1.21 bits per heavy atom. The molecule has 3 heteroatoms. The highest BCUT2D eigenvalue weighted by Gasteiger charge is 2.24. The number of hydrogen-bond acceptors (Lipinski definition) is 3. The normalized spacial score (nSPS) is 26.3. The predicted octanol–water partition coefficient (Wildman–Crippen LogP) is 2.36. The van der Waals surface area contributed by atoms with Gasteiger partial charge in [-0.3, -0.25) is 4.90 Å². The van der Waals surface area contributed by atoms with Crippen molar-refractivity contribution >= 4 is 0 Å². The number of hydrogen-bond donors (Lipinski definition) is 1. The fourth-order valence-corrected chi connectivity index (χ4v) is 2.85. The van der Waals surface area contributed by atoms with E-state index in [1.807, 2.05) is 7.05 Å². The Balaban J connectivity index is 2.00. The van der Waals surface area contributed by atoms with E-state index < -0.39 is 0 Å². The molecule has 3 atom stereocenters. The van der Waals surface area contributed by atoms with Crippen LogP contribution in [0.5, 0.6) is 0 Å². The highest BCUT2D eigenvalue weighted by molar-refractivity contribution is 5.24. The average Bonchev–Trinajstić information content (AvgIpc) is 2.36. The van der Waals surface area contributed by atoms with E-state index in [1.54, 1.807) is 0 Å². The van der Waals surface area contributed by atoms with Crippen LogP contribution in [0.25, 0.3) is 0 Å². The Morgan fingerprint density at radius 2 is 1.79 bits per heavy atom. The van der Waals surface area contributed by atoms with Crippen molar-refractivity contribution in [3.8, 4) is 0 Å². The number of aryl methyl sites for hydroxylation is 1. The molecular formula is C16H26N2O. The largest absolute Gasteiger partial charge is 0.373 e. The van der Waals surface area contributed by atoms with Gasteiger partial charge in [0.25, 0.3) is 0 Å². The van der Waals surface area contributed by atoms with E-state index >= 15 is 0 Å². The van der Waals surface area contributed by atoms with Crippen LogP contribution < -0.4 is 5.32 Å². The molecule has 0 spiro atoms. The molecule has 1 fully saturated rings. The third-order valence-electron chi connectivity index (χ3n) is 3.76. The Bertz CT molecular complexity index is 380. The molecule has 1 heterocycles. The molecule has 0 amide bonds. The number of nitrogens with zero attached hydrogens (tertiary/aromatic N) is 1. The van der Waals surface area contributed by atoms with Crippen LogP contribution in [-0.2, 0) is 4.74 Å². The van der Waals surface area contributed by atoms with Gasteiger partial charge in [-0.05, 0) is 33.4 Å². The van der Waals surface area contributed by atoms with Gasteiger partial charge in [-0.15, -0.1) is 0 Å². The summed E-state index contributed by atoms with van der Waals surface area (Å²) in [5.41, 5.74) is 2.67. The maximum absolute atomic E-state index is 5.79. The molecule has 0 bridgehead atoms. The van der Waals surface area contributed by atoms with Gasteiger partial charge in [-0.2, -0.15) is 0 Å². The van der Waals surface area contributed by atoms with Gasteiger partial charge in [0.1, 0.15) is 0 Å². The number of rotatable bonds is 4. The van der Waals surface area contributed by atoms with Crippen molar-refractivity contribution in [1.82, 2.24) is 10.2 Å². The van der Waals surface area contributed by atoms with Gasteiger partial charge in [0.2, 0.25) is 0 Å². The van der Waals surface area contributed by atoms with Crippen molar-refractivity contribution in [3.05, 3.63) is 35.4 Å². The molecule has 1 aliphatic heterocycles. The Morgan fingerprint density at radius 3 is 2.32 bits per heavy atom. The minimum atomic E-state index is 0.333. The van der Waals surface area contributed by atoms with Crippen molar-refractivity contribution in [2.75, 3.05) is 26.7 Å². The summed E-state index contributed by atoms with van der Waals surface area (Å²) < 4.78 is 5.79. The van der Waals surface area contributed by atoms with Gasteiger partial charge in [0.05, 0.1) is 12.2 Å². The first-order chi connectivity index (χ1) is 9.08. The van der Waals surface area contributed by atoms with Crippen LogP contribution in [-0.4, -0.2) is 43.8 Å². The second-order valence-corrected chi connectivity index (χ2v) is 5.73. The van der Waals surface area contributed by atoms with E-state index in [0.29, 0.717) is 18.2 Å². The first-order valence-electron chi connectivity index (χ1n) is 7.20. The quantitative estimate of drug-likeness (QED) is 0.901. The molecule has 1 aromatic carbocycles. The van der Waals surface area contributed by atoms with Gasteiger partial charge in [-0.1, -0.05) is 29.8 Å². The van der Waals surface area contributed by atoms with Crippen molar-refractivity contribution < 1.29 is 4.74 Å². The minimum absolute atomic E-state index is 0.333. The molecule has 1 aliphatic rings. The van der Waals surface area contributed by atoms with Crippen LogP contribution in [0, 0.1) is 6.92 Å². The third kappa shape index (κ3) is 4.03. The fraction of sp³-hybridized carbons (Fsp3) is 0.625. The van der Waals surface area contributed by atoms with E-state index in [-0.39, 0.29) is 0 Å². The topological polar surface area (TPSA) is 24.5 Å². The third-order valence-corrected chi connectivity index (χ3v) is 3.76. The van der Waals surface area contributed by atoms with Crippen LogP contribution in [0.1, 0.15) is 31.0 Å². The Hall–Kier alpha value is -0.900. The number of likely N-dealkylation sites (N-methyl/N-ethyl adjacent to an activating group) is 1. The lowest BCUT2D eigenvalue weighted by Crippen LogP contribution is -2.48. The second kappa shape index (κ2) is 6.51. The van der Waals surface area contributed by atoms with Crippen LogP contribution in [0.3, 0.4) is 0 Å². The zero-order valence-corrected chi connectivity index (χ0v) is 12.5. The molecule has 0 radical (unpaired) electrons. The fourth-order valence-electron chi connectivity index (χ4n) is 2.85. The van der Waals surface area contributed by atoms with Crippen LogP contribution in [0.4, 0.5) is 0 Å². The summed E-state index contributed by atoms with van der Waals surface area (Å²) in [6.07, 6.45) is 0.665. The molecule has 0 aromatic heterocycles. The van der Waals surface area contributed by atoms with Crippen molar-refractivity contribution in [1.29, 1.82) is 0 Å². The molecule has 19 heavy (non-hydrogen) atoms. The number of nitrogens with one attached hydrogen (secondary N) is 1. The molecule has 2 rings (SSSR count). The maximum Gasteiger partial charge on any atom is 0.0678 e. The standard InChI is InChI=1S/C16H26N2O/c1-12-5-7-15(8-6-12)16(17-4)11-18-9-13(2)19-14(3)10-18/h5-8,13-14,16-17H,9-11H2,1-4H3/t13-,14+,16?. The highest BCUT2D eigenvalue weighted by atomic mass is 16.5. The summed E-state index contributed by atoms with van der Waals surface area (Å²) in [5, 5.41) is 3.43. The average molecular weight is 262 g/mol. The smallest absolute Gasteiger partial charge is 0.0678 e. The van der Waals surface area contributed by atoms with Gasteiger partial charge in [0, 0.05) is 25.7 Å². The molecule has 1 aromatic rings. The van der Waals surface area contributed by atoms with Crippen molar-refractivity contribution in [2.24, 2.45) is 0 Å². The minimum Gasteiger partial charge on any atom is -0.373 e. The number of morpholine rings is 1. The van der Waals surface area contributed by atoms with Crippen molar-refractivity contribution in [2.45, 2.75) is 39.0 Å². The molecule has 1 saturated heterocycles. The lowest BCUT2D eigenvalue weighted by molar-refractivity contribution is -0.0698. The van der Waals surface area contributed by atoms with Gasteiger partial charge in [0.15, 0.2) is 0 Å². The summed E-state index contributed by atoms with van der Waals surface area (Å²) in [4.78, 5) is 2.50. The summed E-state index contributed by atoms with van der Waals surface area (Å²) in [6.45, 7) is 9.52. The molecule has 106 valence electrons. The monoisotopic (exact) mass is 262 g/mol. The number of ether oxygens (including phenoxy) is 1. The predicted molar refractivity (Wildman–Crippen MR) is 79.4 cm³/mol. The summed E-state index contributed by atoms with van der Waals surface area (Å²) in [5.74, 6) is 0. The lowest BCUT2D eigenvalue weighted by Gasteiger charge is -2.37. The second-order valence-electron chi connectivity index (χ2n) is 5.73. The lowest BCUT2D eigenvalue weighted by atomic mass is 10.0. The van der Waals surface area contributed by atoms with Gasteiger partial charge >= 0.3 is 0 Å². The first kappa shape index (κ1) is 14.5. The van der Waals surface area contributed by atoms with E-state index in [4.69, 9.17) is 4.74 Å². The Labute approximate surface area is 116 Å². The van der Waals surface area contributed by atoms with Crippen molar-refractivity contribution in [3.63, 3.8) is 0 Å². The summed E-state index contributed by atoms with van der Waals surface area (Å²) in [7, 11) is 2.04. The highest BCUT2D eigenvalue weighted by Crippen LogP contribution is 2.18. The van der Waals surface area contributed by atoms with Gasteiger partial charge in [-0.25, -0.2) is 0 Å². The van der Waals surface area contributed by atoms with E-state index in [1.165, 1.54) is 11.1 Å². The van der Waals surface area contributed by atoms with Crippen LogP contribution in [0.2, 0.25) is 0 Å². The zero-order chi connectivity index (χ0) is 13.8. The molecule has 0 aliphatic carbocycles. The molecule has 0 saturated carbocycles. The maximum atomic E-state index is 5.79. The summed E-state index contributed by atoms with van der Waals surface area (Å²) in [6, 6.07) is 9.21. The van der Waals surface area contributed by atoms with Crippen LogP contribution in [0.15, 0.2) is 24.3 Å². The first-order valence-corrected chi connectivity index (χ1v) is 7.20. The molecule has 3 nitrogen and oxygen atoms in total. The molecule has 1 N–H and O–H groups in total. The summed E-state index contributed by atoms with van der Waals surface area (Å²) >= 11 is 0. The SMILES string of the molecule is CNC(CN1C[C@@H](C)O[C@@H](C)C1)c1ccc(C)cc1. The zero-order valence-electron chi connectivity index (χ0n) is 12.5. The van der Waals surface area contributed by atoms with Gasteiger partial charge < -0.3 is 10.1 Å². The molecule has 1 unspecified atom stereocenters. The van der Waals surface area contributed by atoms with Crippen LogP contribution >= 0.6 is 0 Å².